The number of aliphatic hydroxyl groups is 1. The number of aromatic nitrogens is 2. The summed E-state index contributed by atoms with van der Waals surface area (Å²) >= 11 is 0. The Labute approximate surface area is 57.0 Å². The van der Waals surface area contributed by atoms with E-state index in [-0.39, 0.29) is 12.4 Å². The van der Waals surface area contributed by atoms with E-state index in [4.69, 9.17) is 10.8 Å². The molecule has 0 aromatic carbocycles. The normalized spacial score (nSPS) is 9.70. The third kappa shape index (κ3) is 1.35. The largest absolute Gasteiger partial charge is 0.395 e. The molecule has 10 heavy (non-hydrogen) atoms. The molecule has 1 rings (SSSR count). The van der Waals surface area contributed by atoms with Gasteiger partial charge in [-0.15, -0.1) is 0 Å². The topological polar surface area (TPSA) is 97.2 Å². The quantitative estimate of drug-likeness (QED) is 0.506. The Morgan fingerprint density at radius 3 is 2.90 bits per heavy atom. The third-order valence-corrected chi connectivity index (χ3v) is 0.918. The van der Waals surface area contributed by atoms with Crippen LogP contribution < -0.4 is 11.1 Å². The molecule has 0 aliphatic heterocycles. The molecule has 0 spiro atoms. The lowest BCUT2D eigenvalue weighted by Gasteiger charge is -1.95. The fourth-order valence-electron chi connectivity index (χ4n) is 0.492. The Bertz CT molecular complexity index is 199. The molecule has 0 aliphatic carbocycles. The van der Waals surface area contributed by atoms with Gasteiger partial charge in [-0.2, -0.15) is 0 Å². The minimum absolute atomic E-state index is 0.0201. The van der Waals surface area contributed by atoms with Crippen molar-refractivity contribution in [1.82, 2.24) is 10.3 Å². The molecule has 0 bridgehead atoms. The highest BCUT2D eigenvalue weighted by molar-refractivity contribution is 5.53. The van der Waals surface area contributed by atoms with E-state index in [1.807, 2.05) is 0 Å². The number of aliphatic hydroxyl groups excluding tert-OH is 1. The van der Waals surface area contributed by atoms with Gasteiger partial charge >= 0.3 is 0 Å². The monoisotopic (exact) mass is 144 g/mol. The SMILES string of the molecule is Nc1nonc1NCCO. The Morgan fingerprint density at radius 2 is 2.40 bits per heavy atom. The second kappa shape index (κ2) is 3.02. The fraction of sp³-hybridized carbons (Fsp3) is 0.500. The van der Waals surface area contributed by atoms with E-state index in [0.717, 1.165) is 0 Å². The van der Waals surface area contributed by atoms with Crippen LogP contribution in [0.25, 0.3) is 0 Å². The van der Waals surface area contributed by atoms with E-state index < -0.39 is 0 Å². The van der Waals surface area contributed by atoms with Crippen LogP contribution in [-0.2, 0) is 0 Å². The summed E-state index contributed by atoms with van der Waals surface area (Å²) in [7, 11) is 0. The number of rotatable bonds is 3. The number of nitrogens with two attached hydrogens (primary N) is 1. The van der Waals surface area contributed by atoms with Gasteiger partial charge in [0.1, 0.15) is 0 Å². The van der Waals surface area contributed by atoms with Crippen molar-refractivity contribution in [2.45, 2.75) is 0 Å². The minimum atomic E-state index is 0.0201. The van der Waals surface area contributed by atoms with Crippen LogP contribution in [0, 0.1) is 0 Å². The Balaban J connectivity index is 2.49. The van der Waals surface area contributed by atoms with Crippen LogP contribution in [0.2, 0.25) is 0 Å². The zero-order valence-electron chi connectivity index (χ0n) is 5.24. The van der Waals surface area contributed by atoms with E-state index in [1.54, 1.807) is 0 Å². The van der Waals surface area contributed by atoms with Crippen LogP contribution in [-0.4, -0.2) is 28.6 Å². The van der Waals surface area contributed by atoms with Crippen molar-refractivity contribution in [2.75, 3.05) is 24.2 Å². The molecular weight excluding hydrogens is 136 g/mol. The Morgan fingerprint density at radius 1 is 1.60 bits per heavy atom. The second-order valence-corrected chi connectivity index (χ2v) is 1.65. The van der Waals surface area contributed by atoms with Crippen LogP contribution in [0.5, 0.6) is 0 Å². The molecule has 4 N–H and O–H groups in total. The predicted octanol–water partition coefficient (Wildman–Crippen LogP) is -0.944. The van der Waals surface area contributed by atoms with E-state index in [1.165, 1.54) is 0 Å². The van der Waals surface area contributed by atoms with Gasteiger partial charge in [-0.25, -0.2) is 4.63 Å². The summed E-state index contributed by atoms with van der Waals surface area (Å²) < 4.78 is 4.27. The summed E-state index contributed by atoms with van der Waals surface area (Å²) in [5.74, 6) is 0.572. The van der Waals surface area contributed by atoms with Crippen molar-refractivity contribution >= 4 is 11.6 Å². The molecule has 1 heterocycles. The molecule has 0 saturated carbocycles. The summed E-state index contributed by atoms with van der Waals surface area (Å²) in [5, 5.41) is 17.8. The third-order valence-electron chi connectivity index (χ3n) is 0.918. The number of nitrogen functional groups attached to an aromatic ring is 1. The van der Waals surface area contributed by atoms with Gasteiger partial charge in [0.05, 0.1) is 6.61 Å². The van der Waals surface area contributed by atoms with Crippen molar-refractivity contribution in [3.63, 3.8) is 0 Å². The smallest absolute Gasteiger partial charge is 0.215 e. The first-order chi connectivity index (χ1) is 4.84. The van der Waals surface area contributed by atoms with Crippen molar-refractivity contribution in [2.24, 2.45) is 0 Å². The van der Waals surface area contributed by atoms with Crippen LogP contribution in [0.1, 0.15) is 0 Å². The summed E-state index contributed by atoms with van der Waals surface area (Å²) in [6, 6.07) is 0. The lowest BCUT2D eigenvalue weighted by molar-refractivity contribution is 0.305. The summed E-state index contributed by atoms with van der Waals surface area (Å²) in [5.41, 5.74) is 5.27. The summed E-state index contributed by atoms with van der Waals surface area (Å²) in [6.45, 7) is 0.407. The van der Waals surface area contributed by atoms with E-state index in [2.05, 4.69) is 20.3 Å². The highest BCUT2D eigenvalue weighted by Crippen LogP contribution is 2.08. The van der Waals surface area contributed by atoms with Crippen molar-refractivity contribution in [3.8, 4) is 0 Å². The van der Waals surface area contributed by atoms with Crippen LogP contribution in [0.15, 0.2) is 4.63 Å². The lowest BCUT2D eigenvalue weighted by atomic mass is 10.6. The summed E-state index contributed by atoms with van der Waals surface area (Å²) in [6.07, 6.45) is 0. The van der Waals surface area contributed by atoms with Crippen LogP contribution in [0.3, 0.4) is 0 Å². The number of hydrogen-bond donors (Lipinski definition) is 3. The maximum Gasteiger partial charge on any atom is 0.215 e. The highest BCUT2D eigenvalue weighted by atomic mass is 16.6. The molecule has 0 saturated heterocycles. The molecule has 6 nitrogen and oxygen atoms in total. The lowest BCUT2D eigenvalue weighted by Crippen LogP contribution is -2.07. The van der Waals surface area contributed by atoms with Gasteiger partial charge < -0.3 is 16.2 Å². The number of nitrogens with one attached hydrogen (secondary N) is 1. The molecule has 0 atom stereocenters. The standard InChI is InChI=1S/C4H8N4O2/c5-3-4(6-1-2-9)8-10-7-3/h9H,1-2H2,(H2,5,7)(H,6,8). The zero-order valence-corrected chi connectivity index (χ0v) is 5.24. The second-order valence-electron chi connectivity index (χ2n) is 1.65. The van der Waals surface area contributed by atoms with E-state index in [9.17, 15) is 0 Å². The molecule has 56 valence electrons. The minimum Gasteiger partial charge on any atom is -0.395 e. The van der Waals surface area contributed by atoms with Crippen LogP contribution >= 0.6 is 0 Å². The Kier molecular flexibility index (Phi) is 2.06. The van der Waals surface area contributed by atoms with Gasteiger partial charge in [0, 0.05) is 6.54 Å². The molecular formula is C4H8N4O2. The van der Waals surface area contributed by atoms with E-state index in [0.29, 0.717) is 12.4 Å². The predicted molar refractivity (Wildman–Crippen MR) is 34.3 cm³/mol. The van der Waals surface area contributed by atoms with Crippen molar-refractivity contribution < 1.29 is 9.74 Å². The Hall–Kier alpha value is -1.30. The average molecular weight is 144 g/mol. The number of hydrogen-bond acceptors (Lipinski definition) is 6. The van der Waals surface area contributed by atoms with Gasteiger partial charge in [-0.05, 0) is 10.3 Å². The molecule has 0 amide bonds. The average Bonchev–Trinajstić information content (AvgIpc) is 2.31. The number of nitrogens with zero attached hydrogens (tertiary/aromatic N) is 2. The van der Waals surface area contributed by atoms with Gasteiger partial charge in [0.25, 0.3) is 0 Å². The molecule has 0 fully saturated rings. The number of anilines is 2. The maximum absolute atomic E-state index is 8.37. The first kappa shape index (κ1) is 6.81. The first-order valence-electron chi connectivity index (χ1n) is 2.77. The van der Waals surface area contributed by atoms with Crippen LogP contribution in [0.4, 0.5) is 11.6 Å². The molecule has 1 aromatic rings. The van der Waals surface area contributed by atoms with E-state index >= 15 is 0 Å². The summed E-state index contributed by atoms with van der Waals surface area (Å²) in [4.78, 5) is 0. The van der Waals surface area contributed by atoms with Crippen molar-refractivity contribution in [1.29, 1.82) is 0 Å². The van der Waals surface area contributed by atoms with Crippen molar-refractivity contribution in [3.05, 3.63) is 0 Å². The molecule has 0 aliphatic rings. The molecule has 0 radical (unpaired) electrons. The molecule has 6 heteroatoms. The zero-order chi connectivity index (χ0) is 7.40. The van der Waals surface area contributed by atoms with Gasteiger partial charge in [-0.1, -0.05) is 0 Å². The van der Waals surface area contributed by atoms with Gasteiger partial charge in [-0.3, -0.25) is 0 Å². The first-order valence-corrected chi connectivity index (χ1v) is 2.77. The van der Waals surface area contributed by atoms with Gasteiger partial charge in [0.15, 0.2) is 0 Å². The maximum atomic E-state index is 8.37. The molecule has 1 aromatic heterocycles. The van der Waals surface area contributed by atoms with Gasteiger partial charge in [0.2, 0.25) is 11.6 Å². The fourth-order valence-corrected chi connectivity index (χ4v) is 0.492. The molecule has 0 unspecified atom stereocenters. The highest BCUT2D eigenvalue weighted by Gasteiger charge is 2.02.